The summed E-state index contributed by atoms with van der Waals surface area (Å²) in [5.41, 5.74) is -0.635. The Morgan fingerprint density at radius 3 is 2.88 bits per heavy atom. The fourth-order valence-corrected chi connectivity index (χ4v) is 2.87. The maximum Gasteiger partial charge on any atom is 0.351 e. The zero-order valence-corrected chi connectivity index (χ0v) is 11.1. The molecule has 1 aromatic heterocycles. The summed E-state index contributed by atoms with van der Waals surface area (Å²) in [4.78, 5) is 17.7. The van der Waals surface area contributed by atoms with Gasteiger partial charge in [-0.05, 0) is 6.42 Å². The van der Waals surface area contributed by atoms with Crippen molar-refractivity contribution in [2.45, 2.75) is 18.9 Å². The Bertz CT molecular complexity index is 443. The van der Waals surface area contributed by atoms with Crippen LogP contribution in [0.4, 0.5) is 5.13 Å². The molecule has 0 radical (unpaired) electrons. The summed E-state index contributed by atoms with van der Waals surface area (Å²) >= 11 is 7.04. The standard InChI is InChI=1S/C10H13ClN2O3S/c1-3-10(15)4-13(5-10)9-12-7(11)6(17-9)8(14)16-2/h15H,3-5H2,1-2H3. The minimum absolute atomic E-state index is 0.156. The number of thiazole rings is 1. The largest absolute Gasteiger partial charge is 0.465 e. The average Bonchev–Trinajstić information content (AvgIpc) is 2.65. The van der Waals surface area contributed by atoms with Crippen molar-refractivity contribution in [3.05, 3.63) is 10.0 Å². The molecule has 17 heavy (non-hydrogen) atoms. The van der Waals surface area contributed by atoms with Gasteiger partial charge in [-0.15, -0.1) is 0 Å². The van der Waals surface area contributed by atoms with Gasteiger partial charge in [-0.3, -0.25) is 0 Å². The van der Waals surface area contributed by atoms with E-state index in [1.165, 1.54) is 18.4 Å². The molecule has 1 N–H and O–H groups in total. The molecule has 0 amide bonds. The zero-order chi connectivity index (χ0) is 12.6. The average molecular weight is 277 g/mol. The monoisotopic (exact) mass is 276 g/mol. The summed E-state index contributed by atoms with van der Waals surface area (Å²) in [5.74, 6) is -0.481. The molecule has 7 heteroatoms. The number of nitrogens with zero attached hydrogens (tertiary/aromatic N) is 2. The molecule has 0 saturated carbocycles. The molecule has 1 aliphatic rings. The van der Waals surface area contributed by atoms with E-state index in [0.717, 1.165) is 0 Å². The van der Waals surface area contributed by atoms with E-state index in [1.54, 1.807) is 0 Å². The van der Waals surface area contributed by atoms with Crippen LogP contribution in [-0.2, 0) is 4.74 Å². The highest BCUT2D eigenvalue weighted by molar-refractivity contribution is 7.18. The summed E-state index contributed by atoms with van der Waals surface area (Å²) in [6.07, 6.45) is 0.701. The van der Waals surface area contributed by atoms with Crippen LogP contribution in [0.3, 0.4) is 0 Å². The number of aliphatic hydroxyl groups is 1. The van der Waals surface area contributed by atoms with Crippen LogP contribution in [0.1, 0.15) is 23.0 Å². The van der Waals surface area contributed by atoms with Gasteiger partial charge in [0.15, 0.2) is 15.2 Å². The number of carbonyl (C=O) groups excluding carboxylic acids is 1. The number of carbonyl (C=O) groups is 1. The van der Waals surface area contributed by atoms with Gasteiger partial charge in [0.2, 0.25) is 0 Å². The molecular formula is C10H13ClN2O3S. The predicted molar refractivity (Wildman–Crippen MR) is 65.9 cm³/mol. The summed E-state index contributed by atoms with van der Waals surface area (Å²) < 4.78 is 4.60. The first kappa shape index (κ1) is 12.6. The number of methoxy groups -OCH3 is 1. The molecule has 0 aromatic carbocycles. The van der Waals surface area contributed by atoms with Crippen LogP contribution in [0.25, 0.3) is 0 Å². The molecule has 1 aromatic rings. The molecule has 1 saturated heterocycles. The normalized spacial score (nSPS) is 17.8. The minimum Gasteiger partial charge on any atom is -0.465 e. The lowest BCUT2D eigenvalue weighted by molar-refractivity contribution is 0.00850. The Morgan fingerprint density at radius 1 is 1.71 bits per heavy atom. The molecular weight excluding hydrogens is 264 g/mol. The molecule has 0 spiro atoms. The molecule has 1 aliphatic heterocycles. The molecule has 2 rings (SSSR count). The van der Waals surface area contributed by atoms with Gasteiger partial charge >= 0.3 is 5.97 Å². The fraction of sp³-hybridized carbons (Fsp3) is 0.600. The van der Waals surface area contributed by atoms with Gasteiger partial charge in [-0.2, -0.15) is 0 Å². The number of β-amino-alcohol motifs (C(OH)–C–C–N with tert-alkyl or cyclic N) is 1. The number of hydrogen-bond acceptors (Lipinski definition) is 6. The number of anilines is 1. The third-order valence-electron chi connectivity index (χ3n) is 2.84. The van der Waals surface area contributed by atoms with Gasteiger partial charge < -0.3 is 14.7 Å². The second kappa shape index (κ2) is 4.44. The van der Waals surface area contributed by atoms with Crippen molar-refractivity contribution in [1.29, 1.82) is 0 Å². The Hall–Kier alpha value is -0.850. The Morgan fingerprint density at radius 2 is 2.35 bits per heavy atom. The van der Waals surface area contributed by atoms with Crippen molar-refractivity contribution in [3.63, 3.8) is 0 Å². The van der Waals surface area contributed by atoms with Crippen LogP contribution in [0.15, 0.2) is 0 Å². The third-order valence-corrected chi connectivity index (χ3v) is 4.33. The highest BCUT2D eigenvalue weighted by Gasteiger charge is 2.41. The molecule has 0 atom stereocenters. The molecule has 0 unspecified atom stereocenters. The van der Waals surface area contributed by atoms with E-state index in [4.69, 9.17) is 11.6 Å². The van der Waals surface area contributed by atoms with Crippen molar-refractivity contribution >= 4 is 34.0 Å². The number of aromatic nitrogens is 1. The lowest BCUT2D eigenvalue weighted by Gasteiger charge is -2.45. The van der Waals surface area contributed by atoms with Crippen molar-refractivity contribution in [3.8, 4) is 0 Å². The van der Waals surface area contributed by atoms with Crippen molar-refractivity contribution in [1.82, 2.24) is 4.98 Å². The molecule has 0 aliphatic carbocycles. The second-order valence-corrected chi connectivity index (χ2v) is 5.38. The molecule has 0 bridgehead atoms. The van der Waals surface area contributed by atoms with E-state index in [0.29, 0.717) is 29.5 Å². The lowest BCUT2D eigenvalue weighted by Crippen LogP contribution is -2.61. The van der Waals surface area contributed by atoms with Gasteiger partial charge in [0.05, 0.1) is 25.8 Å². The van der Waals surface area contributed by atoms with E-state index < -0.39 is 11.6 Å². The maximum atomic E-state index is 11.4. The van der Waals surface area contributed by atoms with Crippen molar-refractivity contribution in [2.75, 3.05) is 25.1 Å². The van der Waals surface area contributed by atoms with E-state index in [9.17, 15) is 9.90 Å². The number of esters is 1. The molecule has 1 fully saturated rings. The molecule has 94 valence electrons. The van der Waals surface area contributed by atoms with Crippen LogP contribution in [-0.4, -0.2) is 41.9 Å². The van der Waals surface area contributed by atoms with Crippen molar-refractivity contribution < 1.29 is 14.6 Å². The van der Waals surface area contributed by atoms with Crippen molar-refractivity contribution in [2.24, 2.45) is 0 Å². The highest BCUT2D eigenvalue weighted by atomic mass is 35.5. The number of halogens is 1. The number of hydrogen-bond donors (Lipinski definition) is 1. The second-order valence-electron chi connectivity index (χ2n) is 4.04. The molecule has 2 heterocycles. The van der Waals surface area contributed by atoms with E-state index in [-0.39, 0.29) is 5.15 Å². The highest BCUT2D eigenvalue weighted by Crippen LogP contribution is 2.36. The number of ether oxygens (including phenoxy) is 1. The summed E-state index contributed by atoms with van der Waals surface area (Å²) in [5, 5.41) is 10.7. The topological polar surface area (TPSA) is 62.7 Å². The Kier molecular flexibility index (Phi) is 3.29. The summed E-state index contributed by atoms with van der Waals surface area (Å²) in [6, 6.07) is 0. The van der Waals surface area contributed by atoms with Crippen LogP contribution >= 0.6 is 22.9 Å². The zero-order valence-electron chi connectivity index (χ0n) is 9.57. The first-order valence-corrected chi connectivity index (χ1v) is 6.40. The van der Waals surface area contributed by atoms with E-state index in [2.05, 4.69) is 9.72 Å². The van der Waals surface area contributed by atoms with Gasteiger partial charge in [0.1, 0.15) is 0 Å². The van der Waals surface area contributed by atoms with E-state index >= 15 is 0 Å². The fourth-order valence-electron chi connectivity index (χ4n) is 1.67. The smallest absolute Gasteiger partial charge is 0.351 e. The minimum atomic E-state index is -0.635. The van der Waals surface area contributed by atoms with Gasteiger partial charge in [-0.25, -0.2) is 9.78 Å². The quantitative estimate of drug-likeness (QED) is 0.849. The van der Waals surface area contributed by atoms with Crippen LogP contribution in [0.5, 0.6) is 0 Å². The van der Waals surface area contributed by atoms with Gasteiger partial charge in [0.25, 0.3) is 0 Å². The van der Waals surface area contributed by atoms with Crippen LogP contribution in [0, 0.1) is 0 Å². The van der Waals surface area contributed by atoms with Gasteiger partial charge in [0, 0.05) is 0 Å². The summed E-state index contributed by atoms with van der Waals surface area (Å²) in [7, 11) is 1.30. The van der Waals surface area contributed by atoms with Gasteiger partial charge in [-0.1, -0.05) is 29.9 Å². The SMILES string of the molecule is CCC1(O)CN(c2nc(Cl)c(C(=O)OC)s2)C1. The third kappa shape index (κ3) is 2.25. The van der Waals surface area contributed by atoms with Crippen LogP contribution < -0.4 is 4.90 Å². The Balaban J connectivity index is 2.12. The molecule has 5 nitrogen and oxygen atoms in total. The first-order valence-electron chi connectivity index (χ1n) is 5.21. The number of rotatable bonds is 3. The summed E-state index contributed by atoms with van der Waals surface area (Å²) in [6.45, 7) is 2.98. The van der Waals surface area contributed by atoms with E-state index in [1.807, 2.05) is 11.8 Å². The lowest BCUT2D eigenvalue weighted by atomic mass is 9.92. The van der Waals surface area contributed by atoms with Crippen LogP contribution in [0.2, 0.25) is 5.15 Å². The predicted octanol–water partition coefficient (Wildman–Crippen LogP) is 1.54. The maximum absolute atomic E-state index is 11.4. The Labute approximate surface area is 108 Å². The first-order chi connectivity index (χ1) is 7.99.